The van der Waals surface area contributed by atoms with Gasteiger partial charge in [-0.15, -0.1) is 0 Å². The van der Waals surface area contributed by atoms with Gasteiger partial charge in [0, 0.05) is 18.8 Å². The molecule has 1 aromatic rings. The average Bonchev–Trinajstić information content (AvgIpc) is 2.42. The Hall–Kier alpha value is -2.31. The summed E-state index contributed by atoms with van der Waals surface area (Å²) < 4.78 is 4.91. The van der Waals surface area contributed by atoms with E-state index in [1.165, 1.54) is 7.11 Å². The zero-order chi connectivity index (χ0) is 14.3. The van der Waals surface area contributed by atoms with Crippen molar-refractivity contribution in [1.29, 1.82) is 0 Å². The highest BCUT2D eigenvalue weighted by molar-refractivity contribution is 5.82. The van der Waals surface area contributed by atoms with Crippen LogP contribution < -0.4 is 15.4 Å². The number of nitrogens with one attached hydrogen (secondary N) is 2. The molecule has 0 bridgehead atoms. The van der Waals surface area contributed by atoms with Gasteiger partial charge in [-0.3, -0.25) is 0 Å². The Kier molecular flexibility index (Phi) is 5.59. The molecular formula is C12H17N3O4. The molecule has 1 unspecified atom stereocenters. The summed E-state index contributed by atoms with van der Waals surface area (Å²) in [5.74, 6) is -0.561. The molecule has 104 valence electrons. The van der Waals surface area contributed by atoms with E-state index in [-0.39, 0.29) is 6.54 Å². The van der Waals surface area contributed by atoms with Gasteiger partial charge in [0.15, 0.2) is 0 Å². The fraction of sp³-hybridized carbons (Fsp3) is 0.417. The molecule has 2 amide bonds. The molecule has 19 heavy (non-hydrogen) atoms. The number of hydrogen-bond donors (Lipinski definition) is 3. The molecule has 0 aliphatic heterocycles. The number of hydrogen-bond acceptors (Lipinski definition) is 4. The molecule has 0 aliphatic carbocycles. The fourth-order valence-electron chi connectivity index (χ4n) is 1.37. The first-order valence-electron chi connectivity index (χ1n) is 5.83. The Morgan fingerprint density at radius 3 is 2.68 bits per heavy atom. The van der Waals surface area contributed by atoms with Crippen molar-refractivity contribution < 1.29 is 19.4 Å². The molecule has 0 spiro atoms. The summed E-state index contributed by atoms with van der Waals surface area (Å²) in [6, 6.07) is 2.04. The van der Waals surface area contributed by atoms with E-state index in [4.69, 9.17) is 9.84 Å². The number of aromatic nitrogens is 1. The third-order valence-electron chi connectivity index (χ3n) is 2.47. The average molecular weight is 267 g/mol. The second kappa shape index (κ2) is 7.20. The molecule has 0 aliphatic rings. The number of carboxylic acid groups (broad SMARTS) is 1. The van der Waals surface area contributed by atoms with Crippen LogP contribution in [0.2, 0.25) is 0 Å². The molecule has 1 rings (SSSR count). The first-order valence-corrected chi connectivity index (χ1v) is 5.83. The number of amides is 2. The van der Waals surface area contributed by atoms with E-state index in [9.17, 15) is 9.59 Å². The zero-order valence-electron chi connectivity index (χ0n) is 10.8. The van der Waals surface area contributed by atoms with Crippen molar-refractivity contribution in [3.05, 3.63) is 23.9 Å². The van der Waals surface area contributed by atoms with Crippen LogP contribution in [0.25, 0.3) is 0 Å². The van der Waals surface area contributed by atoms with Gasteiger partial charge in [-0.2, -0.15) is 0 Å². The van der Waals surface area contributed by atoms with E-state index in [0.717, 1.165) is 5.56 Å². The smallest absolute Gasteiger partial charge is 0.326 e. The monoisotopic (exact) mass is 267 g/mol. The number of nitrogens with zero attached hydrogens (tertiary/aromatic N) is 1. The van der Waals surface area contributed by atoms with Crippen LogP contribution in [-0.2, 0) is 11.3 Å². The van der Waals surface area contributed by atoms with Crippen molar-refractivity contribution in [2.24, 2.45) is 0 Å². The SMILES string of the molecule is CCC(NC(=O)NCc1ccc(OC)nc1)C(=O)O. The molecule has 0 aromatic carbocycles. The van der Waals surface area contributed by atoms with Crippen LogP contribution in [-0.4, -0.2) is 35.2 Å². The first-order chi connectivity index (χ1) is 9.06. The number of ether oxygens (including phenoxy) is 1. The van der Waals surface area contributed by atoms with Crippen LogP contribution in [0, 0.1) is 0 Å². The predicted octanol–water partition coefficient (Wildman–Crippen LogP) is 0.753. The van der Waals surface area contributed by atoms with Crippen LogP contribution in [0.4, 0.5) is 4.79 Å². The first kappa shape index (κ1) is 14.7. The summed E-state index contributed by atoms with van der Waals surface area (Å²) in [4.78, 5) is 26.2. The Morgan fingerprint density at radius 1 is 1.47 bits per heavy atom. The molecule has 3 N–H and O–H groups in total. The minimum Gasteiger partial charge on any atom is -0.481 e. The third kappa shape index (κ3) is 4.82. The highest BCUT2D eigenvalue weighted by Crippen LogP contribution is 2.06. The van der Waals surface area contributed by atoms with Gasteiger partial charge in [0.2, 0.25) is 5.88 Å². The van der Waals surface area contributed by atoms with E-state index in [2.05, 4.69) is 15.6 Å². The van der Waals surface area contributed by atoms with Gasteiger partial charge in [0.25, 0.3) is 0 Å². The van der Waals surface area contributed by atoms with Crippen LogP contribution in [0.5, 0.6) is 5.88 Å². The molecule has 0 fully saturated rings. The lowest BCUT2D eigenvalue weighted by atomic mass is 10.2. The second-order valence-corrected chi connectivity index (χ2v) is 3.83. The molecular weight excluding hydrogens is 250 g/mol. The summed E-state index contributed by atoms with van der Waals surface area (Å²) in [6.07, 6.45) is 1.90. The summed E-state index contributed by atoms with van der Waals surface area (Å²) in [5, 5.41) is 13.7. The van der Waals surface area contributed by atoms with E-state index in [1.54, 1.807) is 25.3 Å². The molecule has 1 heterocycles. The summed E-state index contributed by atoms with van der Waals surface area (Å²) in [6.45, 7) is 1.95. The Bertz CT molecular complexity index is 433. The highest BCUT2D eigenvalue weighted by Gasteiger charge is 2.16. The number of urea groups is 1. The standard InChI is InChI=1S/C12H17N3O4/c1-3-9(11(16)17)15-12(18)14-7-8-4-5-10(19-2)13-6-8/h4-6,9H,3,7H2,1-2H3,(H,16,17)(H2,14,15,18). The zero-order valence-corrected chi connectivity index (χ0v) is 10.8. The maximum absolute atomic E-state index is 11.5. The molecule has 1 atom stereocenters. The van der Waals surface area contributed by atoms with Gasteiger partial charge < -0.3 is 20.5 Å². The molecule has 0 radical (unpaired) electrons. The normalized spacial score (nSPS) is 11.5. The van der Waals surface area contributed by atoms with Gasteiger partial charge >= 0.3 is 12.0 Å². The molecule has 0 saturated carbocycles. The Labute approximate surface area is 111 Å². The minimum atomic E-state index is -1.05. The number of carbonyl (C=O) groups is 2. The van der Waals surface area contributed by atoms with Crippen molar-refractivity contribution in [2.75, 3.05) is 7.11 Å². The van der Waals surface area contributed by atoms with Crippen LogP contribution >= 0.6 is 0 Å². The van der Waals surface area contributed by atoms with Crippen molar-refractivity contribution in [3.8, 4) is 5.88 Å². The molecule has 7 heteroatoms. The predicted molar refractivity (Wildman–Crippen MR) is 67.9 cm³/mol. The van der Waals surface area contributed by atoms with Crippen LogP contribution in [0.15, 0.2) is 18.3 Å². The number of pyridine rings is 1. The van der Waals surface area contributed by atoms with Crippen molar-refractivity contribution in [3.63, 3.8) is 0 Å². The van der Waals surface area contributed by atoms with Crippen LogP contribution in [0.1, 0.15) is 18.9 Å². The summed E-state index contributed by atoms with van der Waals surface area (Å²) >= 11 is 0. The lowest BCUT2D eigenvalue weighted by Crippen LogP contribution is -2.45. The highest BCUT2D eigenvalue weighted by atomic mass is 16.5. The third-order valence-corrected chi connectivity index (χ3v) is 2.47. The Morgan fingerprint density at radius 2 is 2.21 bits per heavy atom. The maximum Gasteiger partial charge on any atom is 0.326 e. The molecule has 7 nitrogen and oxygen atoms in total. The van der Waals surface area contributed by atoms with E-state index < -0.39 is 18.0 Å². The number of carboxylic acids is 1. The van der Waals surface area contributed by atoms with E-state index in [0.29, 0.717) is 12.3 Å². The quantitative estimate of drug-likeness (QED) is 0.706. The lowest BCUT2D eigenvalue weighted by molar-refractivity contribution is -0.139. The van der Waals surface area contributed by atoms with Gasteiger partial charge in [0.05, 0.1) is 7.11 Å². The molecule has 1 aromatic heterocycles. The Balaban J connectivity index is 2.42. The van der Waals surface area contributed by atoms with E-state index >= 15 is 0 Å². The number of aliphatic carboxylic acids is 1. The van der Waals surface area contributed by atoms with Crippen molar-refractivity contribution in [1.82, 2.24) is 15.6 Å². The van der Waals surface area contributed by atoms with E-state index in [1.807, 2.05) is 0 Å². The van der Waals surface area contributed by atoms with Gasteiger partial charge in [-0.1, -0.05) is 13.0 Å². The van der Waals surface area contributed by atoms with Crippen molar-refractivity contribution >= 4 is 12.0 Å². The van der Waals surface area contributed by atoms with Gasteiger partial charge in [-0.25, -0.2) is 14.6 Å². The number of carbonyl (C=O) groups excluding carboxylic acids is 1. The largest absolute Gasteiger partial charge is 0.481 e. The van der Waals surface area contributed by atoms with Crippen LogP contribution in [0.3, 0.4) is 0 Å². The second-order valence-electron chi connectivity index (χ2n) is 3.83. The number of methoxy groups -OCH3 is 1. The lowest BCUT2D eigenvalue weighted by Gasteiger charge is -2.13. The summed E-state index contributed by atoms with van der Waals surface area (Å²) in [7, 11) is 1.52. The maximum atomic E-state index is 11.5. The van der Waals surface area contributed by atoms with Gasteiger partial charge in [0.1, 0.15) is 6.04 Å². The minimum absolute atomic E-state index is 0.263. The van der Waals surface area contributed by atoms with Crippen molar-refractivity contribution in [2.45, 2.75) is 25.9 Å². The topological polar surface area (TPSA) is 101 Å². The number of rotatable bonds is 6. The van der Waals surface area contributed by atoms with Gasteiger partial charge in [-0.05, 0) is 12.0 Å². The molecule has 0 saturated heterocycles. The fourth-order valence-corrected chi connectivity index (χ4v) is 1.37. The summed E-state index contributed by atoms with van der Waals surface area (Å²) in [5.41, 5.74) is 0.791.